The van der Waals surface area contributed by atoms with Crippen LogP contribution in [0.5, 0.6) is 5.75 Å². The Kier molecular flexibility index (Phi) is 4.80. The molecule has 0 fully saturated rings. The molecule has 2 N–H and O–H groups in total. The van der Waals surface area contributed by atoms with Crippen molar-refractivity contribution in [3.8, 4) is 5.75 Å². The zero-order chi connectivity index (χ0) is 12.8. The van der Waals surface area contributed by atoms with Gasteiger partial charge in [0, 0.05) is 18.7 Å². The Morgan fingerprint density at radius 1 is 1.65 bits per heavy atom. The van der Waals surface area contributed by atoms with Crippen LogP contribution < -0.4 is 10.1 Å². The predicted molar refractivity (Wildman–Crippen MR) is 58.5 cm³/mol. The number of aliphatic hydroxyl groups is 1. The van der Waals surface area contributed by atoms with Crippen LogP contribution in [0, 0.1) is 15.9 Å². The predicted octanol–water partition coefficient (Wildman–Crippen LogP) is 0.693. The molecule has 1 aromatic carbocycles. The van der Waals surface area contributed by atoms with E-state index in [1.54, 1.807) is 7.05 Å². The summed E-state index contributed by atoms with van der Waals surface area (Å²) in [7, 11) is 1.68. The Morgan fingerprint density at radius 2 is 2.35 bits per heavy atom. The number of nitrogens with one attached hydrogen (secondary N) is 1. The second-order valence-corrected chi connectivity index (χ2v) is 3.39. The van der Waals surface area contributed by atoms with E-state index in [0.29, 0.717) is 6.54 Å². The molecule has 0 aromatic heterocycles. The molecule has 0 saturated heterocycles. The number of ether oxygens (including phenoxy) is 1. The van der Waals surface area contributed by atoms with Crippen LogP contribution in [0.4, 0.5) is 10.1 Å². The second kappa shape index (κ2) is 6.12. The molecule has 1 atom stereocenters. The van der Waals surface area contributed by atoms with Gasteiger partial charge in [0.2, 0.25) is 5.82 Å². The van der Waals surface area contributed by atoms with Crippen LogP contribution in [-0.2, 0) is 0 Å². The fraction of sp³-hybridized carbons (Fsp3) is 0.400. The molecule has 0 aliphatic heterocycles. The fourth-order valence-electron chi connectivity index (χ4n) is 1.21. The Labute approximate surface area is 97.2 Å². The summed E-state index contributed by atoms with van der Waals surface area (Å²) in [5, 5.41) is 22.4. The van der Waals surface area contributed by atoms with Gasteiger partial charge in [0.25, 0.3) is 0 Å². The lowest BCUT2D eigenvalue weighted by atomic mass is 10.3. The van der Waals surface area contributed by atoms with Gasteiger partial charge in [0.15, 0.2) is 0 Å². The minimum absolute atomic E-state index is 0.0158. The molecule has 0 bridgehead atoms. The number of nitro benzene ring substituents is 1. The van der Waals surface area contributed by atoms with Gasteiger partial charge in [-0.1, -0.05) is 0 Å². The highest BCUT2D eigenvalue weighted by atomic mass is 19.1. The van der Waals surface area contributed by atoms with Crippen molar-refractivity contribution in [2.75, 3.05) is 20.2 Å². The molecule has 0 aliphatic carbocycles. The van der Waals surface area contributed by atoms with Crippen molar-refractivity contribution < 1.29 is 19.2 Å². The maximum atomic E-state index is 13.2. The van der Waals surface area contributed by atoms with Gasteiger partial charge in [0.1, 0.15) is 18.5 Å². The molecular formula is C10H13FN2O4. The minimum atomic E-state index is -0.962. The number of benzene rings is 1. The summed E-state index contributed by atoms with van der Waals surface area (Å²) in [5.74, 6) is -0.821. The standard InChI is InChI=1S/C10H13FN2O4/c1-12-5-7(14)6-17-8-2-3-10(13(15)16)9(11)4-8/h2-4,7,12,14H,5-6H2,1H3. The lowest BCUT2D eigenvalue weighted by Crippen LogP contribution is -2.29. The summed E-state index contributed by atoms with van der Waals surface area (Å²) in [4.78, 5) is 9.55. The van der Waals surface area contributed by atoms with Crippen LogP contribution in [0.15, 0.2) is 18.2 Å². The monoisotopic (exact) mass is 244 g/mol. The molecule has 0 amide bonds. The van der Waals surface area contributed by atoms with Gasteiger partial charge in [-0.15, -0.1) is 0 Å². The first-order chi connectivity index (χ1) is 8.04. The highest BCUT2D eigenvalue weighted by Crippen LogP contribution is 2.22. The van der Waals surface area contributed by atoms with E-state index < -0.39 is 22.5 Å². The van der Waals surface area contributed by atoms with E-state index in [-0.39, 0.29) is 12.4 Å². The first kappa shape index (κ1) is 13.3. The fourth-order valence-corrected chi connectivity index (χ4v) is 1.21. The third kappa shape index (κ3) is 3.97. The van der Waals surface area contributed by atoms with Crippen molar-refractivity contribution in [1.29, 1.82) is 0 Å². The summed E-state index contributed by atoms with van der Waals surface area (Å²) in [6, 6.07) is 3.23. The molecule has 1 rings (SSSR count). The van der Waals surface area contributed by atoms with E-state index in [1.807, 2.05) is 0 Å². The summed E-state index contributed by atoms with van der Waals surface area (Å²) in [6.45, 7) is 0.327. The van der Waals surface area contributed by atoms with Crippen molar-refractivity contribution in [2.45, 2.75) is 6.10 Å². The van der Waals surface area contributed by atoms with Gasteiger partial charge >= 0.3 is 5.69 Å². The van der Waals surface area contributed by atoms with Crippen molar-refractivity contribution in [3.05, 3.63) is 34.1 Å². The van der Waals surface area contributed by atoms with E-state index in [9.17, 15) is 19.6 Å². The number of nitrogens with zero attached hydrogens (tertiary/aromatic N) is 1. The van der Waals surface area contributed by atoms with E-state index >= 15 is 0 Å². The Morgan fingerprint density at radius 3 is 2.88 bits per heavy atom. The SMILES string of the molecule is CNCC(O)COc1ccc([N+](=O)[O-])c(F)c1. The molecule has 0 heterocycles. The molecule has 94 valence electrons. The highest BCUT2D eigenvalue weighted by molar-refractivity contribution is 5.37. The Hall–Kier alpha value is -1.73. The molecule has 7 heteroatoms. The van der Waals surface area contributed by atoms with Gasteiger partial charge in [-0.25, -0.2) is 0 Å². The van der Waals surface area contributed by atoms with Gasteiger partial charge in [0.05, 0.1) is 4.92 Å². The largest absolute Gasteiger partial charge is 0.491 e. The maximum Gasteiger partial charge on any atom is 0.305 e. The summed E-state index contributed by atoms with van der Waals surface area (Å²) in [6.07, 6.45) is -0.724. The lowest BCUT2D eigenvalue weighted by Gasteiger charge is -2.11. The molecule has 6 nitrogen and oxygen atoms in total. The first-order valence-corrected chi connectivity index (χ1v) is 4.94. The van der Waals surface area contributed by atoms with Crippen molar-refractivity contribution >= 4 is 5.69 Å². The third-order valence-electron chi connectivity index (χ3n) is 2.00. The normalized spacial score (nSPS) is 12.2. The van der Waals surface area contributed by atoms with Gasteiger partial charge in [-0.2, -0.15) is 4.39 Å². The Bertz CT molecular complexity index is 400. The van der Waals surface area contributed by atoms with Crippen LogP contribution in [0.1, 0.15) is 0 Å². The van der Waals surface area contributed by atoms with Crippen LogP contribution >= 0.6 is 0 Å². The zero-order valence-electron chi connectivity index (χ0n) is 9.22. The smallest absolute Gasteiger partial charge is 0.305 e. The third-order valence-corrected chi connectivity index (χ3v) is 2.00. The van der Waals surface area contributed by atoms with Crippen LogP contribution in [0.2, 0.25) is 0 Å². The summed E-state index contributed by atoms with van der Waals surface area (Å²) in [5.41, 5.74) is -0.604. The molecule has 0 spiro atoms. The number of hydrogen-bond donors (Lipinski definition) is 2. The quantitative estimate of drug-likeness (QED) is 0.568. The molecule has 1 aromatic rings. The highest BCUT2D eigenvalue weighted by Gasteiger charge is 2.14. The van der Waals surface area contributed by atoms with Crippen LogP contribution in [0.3, 0.4) is 0 Å². The average molecular weight is 244 g/mol. The van der Waals surface area contributed by atoms with E-state index in [4.69, 9.17) is 4.74 Å². The second-order valence-electron chi connectivity index (χ2n) is 3.39. The number of aliphatic hydroxyl groups excluding tert-OH is 1. The zero-order valence-corrected chi connectivity index (χ0v) is 9.22. The lowest BCUT2D eigenvalue weighted by molar-refractivity contribution is -0.387. The minimum Gasteiger partial charge on any atom is -0.491 e. The molecule has 0 radical (unpaired) electrons. The van der Waals surface area contributed by atoms with Gasteiger partial charge in [-0.05, 0) is 13.1 Å². The number of likely N-dealkylation sites (N-methyl/N-ethyl adjacent to an activating group) is 1. The van der Waals surface area contributed by atoms with E-state index in [0.717, 1.165) is 12.1 Å². The van der Waals surface area contributed by atoms with E-state index in [2.05, 4.69) is 5.32 Å². The molecule has 0 saturated carbocycles. The van der Waals surface area contributed by atoms with Crippen molar-refractivity contribution in [1.82, 2.24) is 5.32 Å². The Balaban J connectivity index is 2.62. The molecule has 1 unspecified atom stereocenters. The van der Waals surface area contributed by atoms with Gasteiger partial charge < -0.3 is 15.2 Å². The summed E-state index contributed by atoms with van der Waals surface area (Å²) < 4.78 is 18.3. The number of hydrogen-bond acceptors (Lipinski definition) is 5. The topological polar surface area (TPSA) is 84.6 Å². The average Bonchev–Trinajstić information content (AvgIpc) is 2.26. The number of rotatable bonds is 6. The van der Waals surface area contributed by atoms with Gasteiger partial charge in [-0.3, -0.25) is 10.1 Å². The number of halogens is 1. The number of nitro groups is 1. The molecule has 0 aliphatic rings. The van der Waals surface area contributed by atoms with Crippen molar-refractivity contribution in [3.63, 3.8) is 0 Å². The van der Waals surface area contributed by atoms with Crippen molar-refractivity contribution in [2.24, 2.45) is 0 Å². The molecule has 17 heavy (non-hydrogen) atoms. The van der Waals surface area contributed by atoms with E-state index in [1.165, 1.54) is 6.07 Å². The maximum absolute atomic E-state index is 13.2. The molecular weight excluding hydrogens is 231 g/mol. The summed E-state index contributed by atoms with van der Waals surface area (Å²) >= 11 is 0. The first-order valence-electron chi connectivity index (χ1n) is 4.94. The van der Waals surface area contributed by atoms with Crippen LogP contribution in [-0.4, -0.2) is 36.3 Å². The van der Waals surface area contributed by atoms with Crippen LogP contribution in [0.25, 0.3) is 0 Å².